The van der Waals surface area contributed by atoms with Crippen LogP contribution in [0.5, 0.6) is 0 Å². The summed E-state index contributed by atoms with van der Waals surface area (Å²) in [6.07, 6.45) is 6.83. The Bertz CT molecular complexity index is 384. The van der Waals surface area contributed by atoms with Crippen molar-refractivity contribution in [3.05, 3.63) is 21.8 Å². The van der Waals surface area contributed by atoms with E-state index in [4.69, 9.17) is 5.73 Å². The summed E-state index contributed by atoms with van der Waals surface area (Å²) in [7, 11) is 0. The number of nitrogens with two attached hydrogens (primary N) is 1. The van der Waals surface area contributed by atoms with Crippen molar-refractivity contribution in [2.75, 3.05) is 17.6 Å². The van der Waals surface area contributed by atoms with Gasteiger partial charge in [-0.25, -0.2) is 0 Å². The van der Waals surface area contributed by atoms with Crippen molar-refractivity contribution in [2.45, 2.75) is 39.0 Å². The fraction of sp³-hybridized carbons (Fsp3) is 0.571. The Morgan fingerprint density at radius 3 is 2.65 bits per heavy atom. The van der Waals surface area contributed by atoms with Crippen LogP contribution in [0, 0.1) is 8.99 Å². The van der Waals surface area contributed by atoms with E-state index in [1.807, 2.05) is 12.1 Å². The van der Waals surface area contributed by atoms with E-state index in [9.17, 15) is 0 Å². The average molecular weight is 344 g/mol. The SMILES string of the molecule is CCC1(CNc2ccc(N)cc2I)CCCC1. The number of hydrogen-bond donors (Lipinski definition) is 2. The van der Waals surface area contributed by atoms with Gasteiger partial charge in [-0.05, 0) is 65.5 Å². The molecule has 0 aromatic heterocycles. The van der Waals surface area contributed by atoms with Crippen LogP contribution in [-0.2, 0) is 0 Å². The molecule has 1 saturated carbocycles. The fourth-order valence-corrected chi connectivity index (χ4v) is 3.47. The van der Waals surface area contributed by atoms with E-state index in [-0.39, 0.29) is 0 Å². The Balaban J connectivity index is 2.01. The number of benzene rings is 1. The highest BCUT2D eigenvalue weighted by Gasteiger charge is 2.31. The molecule has 2 rings (SSSR count). The summed E-state index contributed by atoms with van der Waals surface area (Å²) in [5.74, 6) is 0. The van der Waals surface area contributed by atoms with Crippen LogP contribution in [0.4, 0.5) is 11.4 Å². The Kier molecular flexibility index (Phi) is 4.17. The molecule has 1 aliphatic carbocycles. The van der Waals surface area contributed by atoms with Gasteiger partial charge >= 0.3 is 0 Å². The van der Waals surface area contributed by atoms with Gasteiger partial charge in [-0.2, -0.15) is 0 Å². The van der Waals surface area contributed by atoms with E-state index in [2.05, 4.69) is 40.9 Å². The highest BCUT2D eigenvalue weighted by atomic mass is 127. The zero-order chi connectivity index (χ0) is 12.3. The van der Waals surface area contributed by atoms with Gasteiger partial charge < -0.3 is 11.1 Å². The maximum absolute atomic E-state index is 5.77. The summed E-state index contributed by atoms with van der Waals surface area (Å²) in [5.41, 5.74) is 8.36. The molecular weight excluding hydrogens is 323 g/mol. The molecule has 1 aliphatic rings. The van der Waals surface area contributed by atoms with Crippen LogP contribution in [0.1, 0.15) is 39.0 Å². The average Bonchev–Trinajstić information content (AvgIpc) is 2.77. The Labute approximate surface area is 117 Å². The van der Waals surface area contributed by atoms with Crippen LogP contribution >= 0.6 is 22.6 Å². The van der Waals surface area contributed by atoms with Crippen LogP contribution < -0.4 is 11.1 Å². The highest BCUT2D eigenvalue weighted by Crippen LogP contribution is 2.41. The van der Waals surface area contributed by atoms with Gasteiger partial charge in [-0.15, -0.1) is 0 Å². The van der Waals surface area contributed by atoms with E-state index in [1.165, 1.54) is 41.4 Å². The quantitative estimate of drug-likeness (QED) is 0.633. The Morgan fingerprint density at radius 2 is 2.06 bits per heavy atom. The monoisotopic (exact) mass is 344 g/mol. The van der Waals surface area contributed by atoms with Gasteiger partial charge in [-0.1, -0.05) is 19.8 Å². The van der Waals surface area contributed by atoms with Crippen LogP contribution in [-0.4, -0.2) is 6.54 Å². The van der Waals surface area contributed by atoms with Crippen molar-refractivity contribution >= 4 is 34.0 Å². The molecule has 3 N–H and O–H groups in total. The van der Waals surface area contributed by atoms with Crippen LogP contribution in [0.15, 0.2) is 18.2 Å². The van der Waals surface area contributed by atoms with Gasteiger partial charge in [0.05, 0.1) is 0 Å². The van der Waals surface area contributed by atoms with Crippen molar-refractivity contribution in [2.24, 2.45) is 5.41 Å². The fourth-order valence-electron chi connectivity index (χ4n) is 2.74. The third kappa shape index (κ3) is 3.06. The molecular formula is C14H21IN2. The first-order valence-corrected chi connectivity index (χ1v) is 7.52. The molecule has 94 valence electrons. The maximum atomic E-state index is 5.77. The maximum Gasteiger partial charge on any atom is 0.0477 e. The lowest BCUT2D eigenvalue weighted by Crippen LogP contribution is -2.26. The molecule has 0 unspecified atom stereocenters. The Morgan fingerprint density at radius 1 is 1.35 bits per heavy atom. The molecule has 0 aliphatic heterocycles. The smallest absolute Gasteiger partial charge is 0.0477 e. The third-order valence-corrected chi connectivity index (χ3v) is 4.95. The molecule has 1 aromatic carbocycles. The molecule has 2 nitrogen and oxygen atoms in total. The zero-order valence-corrected chi connectivity index (χ0v) is 12.6. The molecule has 1 aromatic rings. The molecule has 0 radical (unpaired) electrons. The second-order valence-electron chi connectivity index (χ2n) is 5.15. The normalized spacial score (nSPS) is 18.2. The van der Waals surface area contributed by atoms with Gasteiger partial charge in [0, 0.05) is 21.5 Å². The first kappa shape index (κ1) is 13.0. The molecule has 0 saturated heterocycles. The highest BCUT2D eigenvalue weighted by molar-refractivity contribution is 14.1. The van der Waals surface area contributed by atoms with Gasteiger partial charge in [-0.3, -0.25) is 0 Å². The molecule has 0 bridgehead atoms. The number of nitrogens with one attached hydrogen (secondary N) is 1. The molecule has 0 spiro atoms. The van der Waals surface area contributed by atoms with E-state index in [0.717, 1.165) is 12.2 Å². The predicted molar refractivity (Wildman–Crippen MR) is 83.3 cm³/mol. The van der Waals surface area contributed by atoms with Crippen molar-refractivity contribution in [3.8, 4) is 0 Å². The van der Waals surface area contributed by atoms with Gasteiger partial charge in [0.1, 0.15) is 0 Å². The lowest BCUT2D eigenvalue weighted by atomic mass is 9.83. The molecule has 0 atom stereocenters. The summed E-state index contributed by atoms with van der Waals surface area (Å²) in [4.78, 5) is 0. The molecule has 0 heterocycles. The van der Waals surface area contributed by atoms with Gasteiger partial charge in [0.15, 0.2) is 0 Å². The van der Waals surface area contributed by atoms with E-state index < -0.39 is 0 Å². The first-order valence-electron chi connectivity index (χ1n) is 6.44. The van der Waals surface area contributed by atoms with Crippen LogP contribution in [0.3, 0.4) is 0 Å². The molecule has 3 heteroatoms. The third-order valence-electron chi connectivity index (χ3n) is 4.06. The summed E-state index contributed by atoms with van der Waals surface area (Å²) in [5, 5.41) is 3.61. The van der Waals surface area contributed by atoms with Gasteiger partial charge in [0.25, 0.3) is 0 Å². The zero-order valence-electron chi connectivity index (χ0n) is 10.4. The van der Waals surface area contributed by atoms with Crippen molar-refractivity contribution in [1.82, 2.24) is 0 Å². The lowest BCUT2D eigenvalue weighted by molar-refractivity contribution is 0.307. The minimum Gasteiger partial charge on any atom is -0.399 e. The van der Waals surface area contributed by atoms with Crippen LogP contribution in [0.25, 0.3) is 0 Å². The van der Waals surface area contributed by atoms with Crippen LogP contribution in [0.2, 0.25) is 0 Å². The Hall–Kier alpha value is -0.450. The largest absolute Gasteiger partial charge is 0.399 e. The second-order valence-corrected chi connectivity index (χ2v) is 6.32. The van der Waals surface area contributed by atoms with Crippen molar-refractivity contribution in [3.63, 3.8) is 0 Å². The topological polar surface area (TPSA) is 38.0 Å². The van der Waals surface area contributed by atoms with Crippen molar-refractivity contribution < 1.29 is 0 Å². The van der Waals surface area contributed by atoms with E-state index >= 15 is 0 Å². The first-order chi connectivity index (χ1) is 8.15. The molecule has 0 amide bonds. The van der Waals surface area contributed by atoms with E-state index in [0.29, 0.717) is 5.41 Å². The number of rotatable bonds is 4. The number of nitrogen functional groups attached to an aromatic ring is 1. The minimum atomic E-state index is 0.532. The number of anilines is 2. The minimum absolute atomic E-state index is 0.532. The van der Waals surface area contributed by atoms with Gasteiger partial charge in [0.2, 0.25) is 0 Å². The molecule has 1 fully saturated rings. The number of halogens is 1. The lowest BCUT2D eigenvalue weighted by Gasteiger charge is -2.28. The van der Waals surface area contributed by atoms with Crippen molar-refractivity contribution in [1.29, 1.82) is 0 Å². The second kappa shape index (κ2) is 5.46. The summed E-state index contributed by atoms with van der Waals surface area (Å²) >= 11 is 2.35. The molecule has 17 heavy (non-hydrogen) atoms. The summed E-state index contributed by atoms with van der Waals surface area (Å²) in [6, 6.07) is 6.09. The summed E-state index contributed by atoms with van der Waals surface area (Å²) < 4.78 is 1.21. The summed E-state index contributed by atoms with van der Waals surface area (Å²) in [6.45, 7) is 3.42. The predicted octanol–water partition coefficient (Wildman–Crippen LogP) is 4.26. The van der Waals surface area contributed by atoms with E-state index in [1.54, 1.807) is 0 Å². The number of hydrogen-bond acceptors (Lipinski definition) is 2. The standard InChI is InChI=1S/C14H21IN2/c1-2-14(7-3-4-8-14)10-17-13-6-5-11(16)9-12(13)15/h5-6,9,17H,2-4,7-8,10,16H2,1H3.